The van der Waals surface area contributed by atoms with E-state index in [-0.39, 0.29) is 18.2 Å². The summed E-state index contributed by atoms with van der Waals surface area (Å²) in [6.07, 6.45) is -0.420. The van der Waals surface area contributed by atoms with Crippen LogP contribution in [0.3, 0.4) is 0 Å². The van der Waals surface area contributed by atoms with Crippen LogP contribution in [0.5, 0.6) is 0 Å². The molecule has 0 aromatic heterocycles. The van der Waals surface area contributed by atoms with E-state index in [1.807, 2.05) is 76.2 Å². The highest BCUT2D eigenvalue weighted by atomic mass is 16.6. The molecule has 172 valence electrons. The summed E-state index contributed by atoms with van der Waals surface area (Å²) in [5.41, 5.74) is 4.01. The lowest BCUT2D eigenvalue weighted by Crippen LogP contribution is -2.54. The van der Waals surface area contributed by atoms with E-state index in [1.165, 1.54) is 0 Å². The van der Waals surface area contributed by atoms with Crippen LogP contribution >= 0.6 is 0 Å². The van der Waals surface area contributed by atoms with E-state index in [1.54, 1.807) is 9.91 Å². The van der Waals surface area contributed by atoms with E-state index in [0.29, 0.717) is 32.0 Å². The number of ether oxygens (including phenoxy) is 1. The first-order valence-electron chi connectivity index (χ1n) is 11.0. The molecule has 1 amide bonds. The van der Waals surface area contributed by atoms with Crippen LogP contribution in [-0.4, -0.2) is 54.0 Å². The molecule has 1 aliphatic heterocycles. The average molecular weight is 439 g/mol. The number of carbonyl (C=O) groups is 1. The third kappa shape index (κ3) is 5.20. The zero-order chi connectivity index (χ0) is 23.3. The molecule has 0 bridgehead atoms. The summed E-state index contributed by atoms with van der Waals surface area (Å²) in [7, 11) is 0. The second-order valence-electron chi connectivity index (χ2n) is 8.37. The van der Waals surface area contributed by atoms with Crippen molar-refractivity contribution in [3.05, 3.63) is 65.2 Å². The number of amides is 1. The van der Waals surface area contributed by atoms with Crippen LogP contribution in [0.15, 0.2) is 53.6 Å². The first kappa shape index (κ1) is 23.6. The van der Waals surface area contributed by atoms with Gasteiger partial charge in [0.2, 0.25) is 0 Å². The molecule has 1 atom stereocenters. The molecule has 2 aromatic carbocycles. The molecule has 2 aromatic rings. The van der Waals surface area contributed by atoms with Gasteiger partial charge in [0.15, 0.2) is 5.84 Å². The molecule has 32 heavy (non-hydrogen) atoms. The van der Waals surface area contributed by atoms with Gasteiger partial charge in [-0.15, -0.1) is 0 Å². The number of hydrogen-bond donors (Lipinski definition) is 2. The lowest BCUT2D eigenvalue weighted by molar-refractivity contribution is 0.0536. The summed E-state index contributed by atoms with van der Waals surface area (Å²) in [6, 6.07) is 15.9. The predicted octanol–water partition coefficient (Wildman–Crippen LogP) is 3.16. The number of anilines is 1. The molecule has 3 rings (SSSR count). The predicted molar refractivity (Wildman–Crippen MR) is 128 cm³/mol. The highest BCUT2D eigenvalue weighted by molar-refractivity contribution is 6.02. The maximum absolute atomic E-state index is 12.3. The summed E-state index contributed by atoms with van der Waals surface area (Å²) in [6.45, 7) is 10.2. The molecule has 1 heterocycles. The third-order valence-corrected chi connectivity index (χ3v) is 5.69. The summed E-state index contributed by atoms with van der Waals surface area (Å²) in [4.78, 5) is 16.3. The van der Waals surface area contributed by atoms with Gasteiger partial charge >= 0.3 is 6.09 Å². The van der Waals surface area contributed by atoms with Gasteiger partial charge in [0.1, 0.15) is 0 Å². The molecule has 1 unspecified atom stereocenters. The van der Waals surface area contributed by atoms with Gasteiger partial charge in [0.25, 0.3) is 0 Å². The Bertz CT molecular complexity index is 919. The Balaban J connectivity index is 1.89. The molecule has 8 nitrogen and oxygen atoms in total. The van der Waals surface area contributed by atoms with Gasteiger partial charge in [-0.2, -0.15) is 5.10 Å². The minimum absolute atomic E-state index is 0.142. The topological polar surface area (TPSA) is 100 Å². The number of hydrazine groups is 1. The molecule has 1 saturated heterocycles. The van der Waals surface area contributed by atoms with Crippen molar-refractivity contribution < 1.29 is 9.53 Å². The number of nitrogens with zero attached hydrogens (tertiary/aromatic N) is 4. The number of carbonyl (C=O) groups excluding carboxylic acids is 1. The van der Waals surface area contributed by atoms with Gasteiger partial charge in [0, 0.05) is 26.2 Å². The molecule has 4 N–H and O–H groups in total. The maximum Gasteiger partial charge on any atom is 0.410 e. The monoisotopic (exact) mass is 438 g/mol. The normalized spacial score (nSPS) is 16.2. The van der Waals surface area contributed by atoms with Crippen molar-refractivity contribution in [1.29, 1.82) is 0 Å². The Kier molecular flexibility index (Phi) is 7.71. The van der Waals surface area contributed by atoms with Crippen LogP contribution in [0.4, 0.5) is 10.5 Å². The quantitative estimate of drug-likeness (QED) is 0.322. The zero-order valence-electron chi connectivity index (χ0n) is 19.4. The van der Waals surface area contributed by atoms with E-state index in [2.05, 4.69) is 10.0 Å². The number of para-hydroxylation sites is 1. The number of hydrazone groups is 1. The highest BCUT2D eigenvalue weighted by Crippen LogP contribution is 2.30. The van der Waals surface area contributed by atoms with Crippen LogP contribution < -0.4 is 16.7 Å². The Morgan fingerprint density at radius 3 is 2.12 bits per heavy atom. The SMILES string of the molecule is Cc1cccc(C)c1N(N)C(=NN)C(c1ccccc1)N1CCN(C(=O)OC(C)C)CC1. The zero-order valence-corrected chi connectivity index (χ0v) is 19.4. The Morgan fingerprint density at radius 1 is 1.00 bits per heavy atom. The molecule has 0 aliphatic carbocycles. The summed E-state index contributed by atoms with van der Waals surface area (Å²) in [5, 5.41) is 5.76. The van der Waals surface area contributed by atoms with Crippen molar-refractivity contribution in [2.45, 2.75) is 39.8 Å². The van der Waals surface area contributed by atoms with Crippen LogP contribution in [-0.2, 0) is 4.74 Å². The van der Waals surface area contributed by atoms with Gasteiger partial charge in [-0.1, -0.05) is 48.5 Å². The second-order valence-corrected chi connectivity index (χ2v) is 8.37. The molecule has 0 saturated carbocycles. The average Bonchev–Trinajstić information content (AvgIpc) is 2.77. The number of nitrogens with two attached hydrogens (primary N) is 2. The Hall–Kier alpha value is -3.10. The number of amidine groups is 1. The molecule has 1 fully saturated rings. The lowest BCUT2D eigenvalue weighted by atomic mass is 10.0. The van der Waals surface area contributed by atoms with Gasteiger partial charge in [-0.3, -0.25) is 9.91 Å². The largest absolute Gasteiger partial charge is 0.447 e. The fraction of sp³-hybridized carbons (Fsp3) is 0.417. The van der Waals surface area contributed by atoms with Gasteiger partial charge in [0.05, 0.1) is 17.8 Å². The van der Waals surface area contributed by atoms with E-state index in [9.17, 15) is 4.79 Å². The van der Waals surface area contributed by atoms with Crippen molar-refractivity contribution in [3.63, 3.8) is 0 Å². The molecular weight excluding hydrogens is 404 g/mol. The Morgan fingerprint density at radius 2 is 1.59 bits per heavy atom. The fourth-order valence-electron chi connectivity index (χ4n) is 4.16. The van der Waals surface area contributed by atoms with Crippen molar-refractivity contribution in [2.75, 3.05) is 31.2 Å². The van der Waals surface area contributed by atoms with Gasteiger partial charge < -0.3 is 15.5 Å². The lowest BCUT2D eigenvalue weighted by Gasteiger charge is -2.41. The first-order valence-corrected chi connectivity index (χ1v) is 11.0. The molecule has 1 aliphatic rings. The minimum Gasteiger partial charge on any atom is -0.447 e. The minimum atomic E-state index is -0.278. The summed E-state index contributed by atoms with van der Waals surface area (Å²) < 4.78 is 5.36. The van der Waals surface area contributed by atoms with E-state index < -0.39 is 0 Å². The molecular formula is C24H34N6O2. The van der Waals surface area contributed by atoms with Crippen molar-refractivity contribution >= 4 is 17.6 Å². The van der Waals surface area contributed by atoms with Gasteiger partial charge in [-0.05, 0) is 44.4 Å². The third-order valence-electron chi connectivity index (χ3n) is 5.69. The van der Waals surface area contributed by atoms with Crippen molar-refractivity contribution in [1.82, 2.24) is 9.80 Å². The van der Waals surface area contributed by atoms with E-state index in [4.69, 9.17) is 16.4 Å². The summed E-state index contributed by atoms with van der Waals surface area (Å²) >= 11 is 0. The smallest absolute Gasteiger partial charge is 0.410 e. The maximum atomic E-state index is 12.3. The van der Waals surface area contributed by atoms with Crippen LogP contribution in [0.2, 0.25) is 0 Å². The van der Waals surface area contributed by atoms with Crippen LogP contribution in [0.25, 0.3) is 0 Å². The van der Waals surface area contributed by atoms with Crippen LogP contribution in [0, 0.1) is 13.8 Å². The molecule has 0 radical (unpaired) electrons. The summed E-state index contributed by atoms with van der Waals surface area (Å²) in [5.74, 6) is 13.1. The Labute approximate surface area is 190 Å². The van der Waals surface area contributed by atoms with Gasteiger partial charge in [-0.25, -0.2) is 10.6 Å². The van der Waals surface area contributed by atoms with Crippen molar-refractivity contribution in [3.8, 4) is 0 Å². The number of aryl methyl sites for hydroxylation is 2. The number of hydrogen-bond acceptors (Lipinski definition) is 6. The van der Waals surface area contributed by atoms with E-state index >= 15 is 0 Å². The van der Waals surface area contributed by atoms with E-state index in [0.717, 1.165) is 22.4 Å². The standard InChI is InChI=1S/C24H34N6O2/c1-17(2)32-24(31)29-15-13-28(14-16-29)22(20-11-6-5-7-12-20)23(27-25)30(26)21-18(3)9-8-10-19(21)4/h5-12,17,22H,13-16,25-26H2,1-4H3. The van der Waals surface area contributed by atoms with Crippen molar-refractivity contribution in [2.24, 2.45) is 16.8 Å². The van der Waals surface area contributed by atoms with Crippen LogP contribution in [0.1, 0.15) is 36.6 Å². The fourth-order valence-corrected chi connectivity index (χ4v) is 4.16. The number of benzene rings is 2. The number of piperazine rings is 1. The molecule has 0 spiro atoms. The second kappa shape index (κ2) is 10.5. The first-order chi connectivity index (χ1) is 15.3. The molecule has 8 heteroatoms. The highest BCUT2D eigenvalue weighted by Gasteiger charge is 2.33. The number of rotatable bonds is 5.